The Hall–Kier alpha value is -1.79. The third kappa shape index (κ3) is 2.44. The quantitative estimate of drug-likeness (QED) is 0.809. The number of hydrogen-bond acceptors (Lipinski definition) is 3. The molecule has 1 aliphatic heterocycles. The molecule has 0 aliphatic carbocycles. The van der Waals surface area contributed by atoms with E-state index in [0.717, 1.165) is 12.1 Å². The summed E-state index contributed by atoms with van der Waals surface area (Å²) in [4.78, 5) is 13.2. The molecule has 0 aromatic heterocycles. The molecule has 2 N–H and O–H groups in total. The lowest BCUT2D eigenvalue weighted by Crippen LogP contribution is -2.36. The molecule has 1 heterocycles. The highest BCUT2D eigenvalue weighted by Crippen LogP contribution is 2.37. The van der Waals surface area contributed by atoms with Gasteiger partial charge >= 0.3 is 0 Å². The molecule has 0 unspecified atom stereocenters. The minimum Gasteiger partial charge on any atom is -0.364 e. The number of amides is 1. The Labute approximate surface area is 114 Å². The van der Waals surface area contributed by atoms with Crippen LogP contribution in [0.5, 0.6) is 0 Å². The third-order valence-corrected chi connectivity index (χ3v) is 3.67. The largest absolute Gasteiger partial charge is 0.364 e. The van der Waals surface area contributed by atoms with Crippen molar-refractivity contribution in [3.8, 4) is 0 Å². The maximum atomic E-state index is 13.3. The number of carbonyl (C=O) groups is 1. The smallest absolute Gasteiger partial charge is 0.227 e. The summed E-state index contributed by atoms with van der Waals surface area (Å²) >= 11 is 0. The monoisotopic (exact) mass is 283 g/mol. The lowest BCUT2D eigenvalue weighted by Gasteiger charge is -2.34. The Morgan fingerprint density at radius 3 is 2.50 bits per heavy atom. The SMILES string of the molecule is CC1=C(C(O)O)[C@@H](c2ccc(F)c(F)c2)CC(=O)N1C. The van der Waals surface area contributed by atoms with Crippen LogP contribution in [0.25, 0.3) is 0 Å². The molecule has 0 radical (unpaired) electrons. The van der Waals surface area contributed by atoms with Crippen LogP contribution in [0.2, 0.25) is 0 Å². The molecular weight excluding hydrogens is 268 g/mol. The summed E-state index contributed by atoms with van der Waals surface area (Å²) in [6.07, 6.45) is -1.78. The highest BCUT2D eigenvalue weighted by Gasteiger charge is 2.34. The van der Waals surface area contributed by atoms with Gasteiger partial charge in [-0.1, -0.05) is 6.07 Å². The van der Waals surface area contributed by atoms with Crippen molar-refractivity contribution in [3.05, 3.63) is 46.7 Å². The van der Waals surface area contributed by atoms with Gasteiger partial charge in [0.2, 0.25) is 5.91 Å². The normalized spacial score (nSPS) is 20.1. The van der Waals surface area contributed by atoms with Gasteiger partial charge in [0.1, 0.15) is 0 Å². The van der Waals surface area contributed by atoms with Crippen LogP contribution < -0.4 is 0 Å². The van der Waals surface area contributed by atoms with Crippen molar-refractivity contribution in [2.75, 3.05) is 7.05 Å². The molecule has 0 saturated carbocycles. The molecule has 1 aromatic rings. The van der Waals surface area contributed by atoms with E-state index in [1.54, 1.807) is 6.92 Å². The number of halogens is 2. The molecule has 108 valence electrons. The number of carbonyl (C=O) groups excluding carboxylic acids is 1. The van der Waals surface area contributed by atoms with Crippen LogP contribution in [-0.2, 0) is 4.79 Å². The maximum absolute atomic E-state index is 13.3. The van der Waals surface area contributed by atoms with E-state index < -0.39 is 23.8 Å². The second-order valence-corrected chi connectivity index (χ2v) is 4.80. The second-order valence-electron chi connectivity index (χ2n) is 4.80. The van der Waals surface area contributed by atoms with Crippen LogP contribution >= 0.6 is 0 Å². The van der Waals surface area contributed by atoms with Crippen LogP contribution in [0, 0.1) is 11.6 Å². The van der Waals surface area contributed by atoms with Gasteiger partial charge in [0.25, 0.3) is 0 Å². The Balaban J connectivity index is 2.53. The van der Waals surface area contributed by atoms with Crippen molar-refractivity contribution in [2.24, 2.45) is 0 Å². The molecule has 0 bridgehead atoms. The van der Waals surface area contributed by atoms with Crippen molar-refractivity contribution in [1.29, 1.82) is 0 Å². The molecule has 1 amide bonds. The van der Waals surface area contributed by atoms with E-state index in [9.17, 15) is 23.8 Å². The Morgan fingerprint density at radius 1 is 1.30 bits per heavy atom. The molecule has 1 aromatic carbocycles. The molecule has 4 nitrogen and oxygen atoms in total. The topological polar surface area (TPSA) is 60.8 Å². The van der Waals surface area contributed by atoms with Crippen LogP contribution in [0.3, 0.4) is 0 Å². The lowest BCUT2D eigenvalue weighted by molar-refractivity contribution is -0.129. The van der Waals surface area contributed by atoms with Crippen LogP contribution in [0.4, 0.5) is 8.78 Å². The van der Waals surface area contributed by atoms with Gasteiger partial charge < -0.3 is 15.1 Å². The first-order valence-corrected chi connectivity index (χ1v) is 6.11. The van der Waals surface area contributed by atoms with Crippen LogP contribution in [0.15, 0.2) is 29.5 Å². The fourth-order valence-corrected chi connectivity index (χ4v) is 2.45. The van der Waals surface area contributed by atoms with Gasteiger partial charge in [-0.2, -0.15) is 0 Å². The highest BCUT2D eigenvalue weighted by atomic mass is 19.2. The van der Waals surface area contributed by atoms with Crippen molar-refractivity contribution < 1.29 is 23.8 Å². The van der Waals surface area contributed by atoms with Crippen molar-refractivity contribution in [1.82, 2.24) is 4.90 Å². The summed E-state index contributed by atoms with van der Waals surface area (Å²) in [5.41, 5.74) is 0.969. The molecule has 20 heavy (non-hydrogen) atoms. The zero-order chi connectivity index (χ0) is 15.0. The summed E-state index contributed by atoms with van der Waals surface area (Å²) in [5.74, 6) is -2.91. The number of nitrogens with zero attached hydrogens (tertiary/aromatic N) is 1. The second kappa shape index (κ2) is 5.30. The lowest BCUT2D eigenvalue weighted by atomic mass is 9.83. The van der Waals surface area contributed by atoms with E-state index in [2.05, 4.69) is 0 Å². The fraction of sp³-hybridized carbons (Fsp3) is 0.357. The van der Waals surface area contributed by atoms with E-state index in [1.165, 1.54) is 18.0 Å². The van der Waals surface area contributed by atoms with Crippen molar-refractivity contribution in [2.45, 2.75) is 25.6 Å². The number of aliphatic hydroxyl groups is 2. The molecule has 1 atom stereocenters. The molecule has 2 rings (SSSR count). The first-order chi connectivity index (χ1) is 9.32. The van der Waals surface area contributed by atoms with Gasteiger partial charge in [-0.15, -0.1) is 0 Å². The Kier molecular flexibility index (Phi) is 3.87. The Bertz CT molecular complexity index is 584. The predicted octanol–water partition coefficient (Wildman–Crippen LogP) is 1.50. The fourth-order valence-electron chi connectivity index (χ4n) is 2.45. The standard InChI is InChI=1S/C14H15F2NO3/c1-7-13(14(19)20)9(6-12(18)17(7)2)8-3-4-10(15)11(16)5-8/h3-5,9,14,19-20H,6H2,1-2H3/t9-/m1/s1. The molecule has 0 saturated heterocycles. The summed E-state index contributed by atoms with van der Waals surface area (Å²) < 4.78 is 26.3. The zero-order valence-electron chi connectivity index (χ0n) is 11.1. The number of hydrogen-bond donors (Lipinski definition) is 2. The summed E-state index contributed by atoms with van der Waals surface area (Å²) in [5, 5.41) is 19.0. The van der Waals surface area contributed by atoms with Crippen molar-refractivity contribution >= 4 is 5.91 Å². The summed E-state index contributed by atoms with van der Waals surface area (Å²) in [6.45, 7) is 1.58. The van der Waals surface area contributed by atoms with E-state index in [1.807, 2.05) is 0 Å². The molecule has 0 fully saturated rings. The van der Waals surface area contributed by atoms with Gasteiger partial charge in [-0.3, -0.25) is 4.79 Å². The van der Waals surface area contributed by atoms with Crippen LogP contribution in [-0.4, -0.2) is 34.4 Å². The average Bonchev–Trinajstić information content (AvgIpc) is 2.38. The van der Waals surface area contributed by atoms with E-state index >= 15 is 0 Å². The van der Waals surface area contributed by atoms with E-state index in [-0.39, 0.29) is 17.9 Å². The number of allylic oxidation sites excluding steroid dienone is 1. The average molecular weight is 283 g/mol. The predicted molar refractivity (Wildman–Crippen MR) is 67.4 cm³/mol. The van der Waals surface area contributed by atoms with Crippen LogP contribution in [0.1, 0.15) is 24.8 Å². The third-order valence-electron chi connectivity index (χ3n) is 3.67. The van der Waals surface area contributed by atoms with E-state index in [0.29, 0.717) is 11.3 Å². The minimum atomic E-state index is -1.76. The maximum Gasteiger partial charge on any atom is 0.227 e. The molecule has 6 heteroatoms. The number of aliphatic hydroxyl groups excluding tert-OH is 1. The highest BCUT2D eigenvalue weighted by molar-refractivity contribution is 5.81. The van der Waals surface area contributed by atoms with Gasteiger partial charge in [-0.25, -0.2) is 8.78 Å². The molecule has 0 spiro atoms. The van der Waals surface area contributed by atoms with Gasteiger partial charge in [0.05, 0.1) is 0 Å². The van der Waals surface area contributed by atoms with E-state index in [4.69, 9.17) is 0 Å². The zero-order valence-corrected chi connectivity index (χ0v) is 11.1. The molecule has 1 aliphatic rings. The first-order valence-electron chi connectivity index (χ1n) is 6.11. The molecular formula is C14H15F2NO3. The van der Waals surface area contributed by atoms with Gasteiger partial charge in [-0.05, 0) is 24.6 Å². The number of rotatable bonds is 2. The van der Waals surface area contributed by atoms with Crippen molar-refractivity contribution in [3.63, 3.8) is 0 Å². The first kappa shape index (κ1) is 14.6. The minimum absolute atomic E-state index is 0.0220. The Morgan fingerprint density at radius 2 is 1.95 bits per heavy atom. The van der Waals surface area contributed by atoms with Gasteiger partial charge in [0, 0.05) is 30.7 Å². The summed E-state index contributed by atoms with van der Waals surface area (Å²) in [6, 6.07) is 3.29. The van der Waals surface area contributed by atoms with Gasteiger partial charge in [0.15, 0.2) is 17.9 Å². The summed E-state index contributed by atoms with van der Waals surface area (Å²) in [7, 11) is 1.53. The number of benzene rings is 1.